The summed E-state index contributed by atoms with van der Waals surface area (Å²) >= 11 is 0. The standard InChI is InChI=1S/C24H19FN2O4/c1-13(2)27-19(9-10-26-27)16-11-21(28)31-20-8-7-15-23(29)17(12-30-24(15)22(16)20)14-5-3-4-6-18(14)25/h3-10,12-13,16H,11H2,1-2H3/t16-/m1/s1. The molecule has 0 radical (unpaired) electrons. The second kappa shape index (κ2) is 7.19. The van der Waals surface area contributed by atoms with Crippen LogP contribution in [-0.4, -0.2) is 15.7 Å². The first kappa shape index (κ1) is 19.2. The van der Waals surface area contributed by atoms with Crippen molar-refractivity contribution in [2.75, 3.05) is 0 Å². The van der Waals surface area contributed by atoms with Crippen molar-refractivity contribution in [2.24, 2.45) is 0 Å². The maximum atomic E-state index is 14.3. The minimum absolute atomic E-state index is 0.0843. The number of aromatic nitrogens is 2. The number of rotatable bonds is 3. The first-order valence-electron chi connectivity index (χ1n) is 10.0. The number of benzene rings is 2. The molecule has 0 spiro atoms. The Morgan fingerprint density at radius 2 is 1.90 bits per heavy atom. The van der Waals surface area contributed by atoms with E-state index in [9.17, 15) is 14.0 Å². The Balaban J connectivity index is 1.76. The lowest BCUT2D eigenvalue weighted by Crippen LogP contribution is -2.24. The fraction of sp³-hybridized carbons (Fsp3) is 0.208. The first-order chi connectivity index (χ1) is 15.0. The Hall–Kier alpha value is -3.74. The Kier molecular flexibility index (Phi) is 4.46. The molecule has 0 bridgehead atoms. The molecule has 0 N–H and O–H groups in total. The van der Waals surface area contributed by atoms with Crippen molar-refractivity contribution in [1.29, 1.82) is 0 Å². The molecule has 5 rings (SSSR count). The molecule has 0 aliphatic carbocycles. The number of fused-ring (bicyclic) bond motifs is 3. The molecule has 156 valence electrons. The molecule has 0 amide bonds. The van der Waals surface area contributed by atoms with Crippen molar-refractivity contribution in [2.45, 2.75) is 32.2 Å². The zero-order valence-electron chi connectivity index (χ0n) is 17.0. The SMILES string of the molecule is CC(C)n1nccc1[C@H]1CC(=O)Oc2ccc3c(=O)c(-c4ccccc4F)coc3c21. The number of ether oxygens (including phenoxy) is 1. The van der Waals surface area contributed by atoms with E-state index in [4.69, 9.17) is 9.15 Å². The monoisotopic (exact) mass is 418 g/mol. The van der Waals surface area contributed by atoms with Crippen LogP contribution in [0.4, 0.5) is 4.39 Å². The molecule has 1 aliphatic heterocycles. The topological polar surface area (TPSA) is 74.3 Å². The smallest absolute Gasteiger partial charge is 0.312 e. The van der Waals surface area contributed by atoms with E-state index in [-0.39, 0.29) is 40.9 Å². The molecule has 3 heterocycles. The van der Waals surface area contributed by atoms with Crippen LogP contribution >= 0.6 is 0 Å². The van der Waals surface area contributed by atoms with Crippen LogP contribution in [0.1, 0.15) is 43.5 Å². The summed E-state index contributed by atoms with van der Waals surface area (Å²) in [5, 5.41) is 4.68. The predicted octanol–water partition coefficient (Wildman–Crippen LogP) is 4.82. The maximum Gasteiger partial charge on any atom is 0.312 e. The third kappa shape index (κ3) is 3.04. The van der Waals surface area contributed by atoms with Crippen LogP contribution in [-0.2, 0) is 4.79 Å². The van der Waals surface area contributed by atoms with Gasteiger partial charge in [0.1, 0.15) is 23.4 Å². The number of hydrogen-bond donors (Lipinski definition) is 0. The van der Waals surface area contributed by atoms with Crippen molar-refractivity contribution in [3.8, 4) is 16.9 Å². The Labute approximate surface area is 176 Å². The van der Waals surface area contributed by atoms with E-state index in [0.717, 1.165) is 5.69 Å². The van der Waals surface area contributed by atoms with E-state index in [1.807, 2.05) is 24.6 Å². The highest BCUT2D eigenvalue weighted by molar-refractivity contribution is 5.90. The maximum absolute atomic E-state index is 14.3. The number of carbonyl (C=O) groups excluding carboxylic acids is 1. The first-order valence-corrected chi connectivity index (χ1v) is 10.0. The van der Waals surface area contributed by atoms with Crippen LogP contribution in [0.25, 0.3) is 22.1 Å². The molecular formula is C24H19FN2O4. The summed E-state index contributed by atoms with van der Waals surface area (Å²) in [5.74, 6) is -0.891. The minimum atomic E-state index is -0.500. The van der Waals surface area contributed by atoms with Crippen LogP contribution < -0.4 is 10.2 Å². The lowest BCUT2D eigenvalue weighted by atomic mass is 9.88. The Bertz CT molecular complexity index is 1390. The Morgan fingerprint density at radius 3 is 2.68 bits per heavy atom. The van der Waals surface area contributed by atoms with Crippen LogP contribution in [0.2, 0.25) is 0 Å². The summed E-state index contributed by atoms with van der Waals surface area (Å²) in [7, 11) is 0. The zero-order valence-corrected chi connectivity index (χ0v) is 17.0. The molecule has 6 nitrogen and oxygen atoms in total. The summed E-state index contributed by atoms with van der Waals surface area (Å²) in [6.45, 7) is 4.00. The van der Waals surface area contributed by atoms with Crippen molar-refractivity contribution in [3.63, 3.8) is 0 Å². The number of nitrogens with zero attached hydrogens (tertiary/aromatic N) is 2. The zero-order chi connectivity index (χ0) is 21.7. The second-order valence-corrected chi connectivity index (χ2v) is 7.84. The van der Waals surface area contributed by atoms with Gasteiger partial charge in [-0.15, -0.1) is 0 Å². The third-order valence-corrected chi connectivity index (χ3v) is 5.59. The van der Waals surface area contributed by atoms with E-state index in [1.54, 1.807) is 30.5 Å². The van der Waals surface area contributed by atoms with Crippen LogP contribution in [0.15, 0.2) is 64.1 Å². The Morgan fingerprint density at radius 1 is 1.10 bits per heavy atom. The fourth-order valence-corrected chi connectivity index (χ4v) is 4.21. The quantitative estimate of drug-likeness (QED) is 0.352. The largest absolute Gasteiger partial charge is 0.463 e. The van der Waals surface area contributed by atoms with Crippen molar-refractivity contribution >= 4 is 16.9 Å². The summed E-state index contributed by atoms with van der Waals surface area (Å²) < 4.78 is 27.5. The van der Waals surface area contributed by atoms with E-state index < -0.39 is 5.82 Å². The normalized spacial score (nSPS) is 15.9. The van der Waals surface area contributed by atoms with E-state index in [2.05, 4.69) is 5.10 Å². The fourth-order valence-electron chi connectivity index (χ4n) is 4.21. The van der Waals surface area contributed by atoms with Crippen molar-refractivity contribution in [3.05, 3.63) is 82.2 Å². The summed E-state index contributed by atoms with van der Waals surface area (Å²) in [5.41, 5.74) is 1.76. The molecule has 2 aromatic heterocycles. The molecular weight excluding hydrogens is 399 g/mol. The van der Waals surface area contributed by atoms with Crippen LogP contribution in [0, 0.1) is 5.82 Å². The summed E-state index contributed by atoms with van der Waals surface area (Å²) in [6, 6.07) is 11.2. The van der Waals surface area contributed by atoms with Crippen molar-refractivity contribution < 1.29 is 18.3 Å². The van der Waals surface area contributed by atoms with Gasteiger partial charge in [-0.25, -0.2) is 4.39 Å². The minimum Gasteiger partial charge on any atom is -0.463 e. The molecule has 0 fully saturated rings. The van der Waals surface area contributed by atoms with E-state index >= 15 is 0 Å². The molecule has 0 saturated heterocycles. The molecule has 31 heavy (non-hydrogen) atoms. The van der Waals surface area contributed by atoms with Gasteiger partial charge in [-0.2, -0.15) is 5.10 Å². The average molecular weight is 418 g/mol. The lowest BCUT2D eigenvalue weighted by Gasteiger charge is -2.26. The van der Waals surface area contributed by atoms with Gasteiger partial charge in [0.05, 0.1) is 17.4 Å². The predicted molar refractivity (Wildman–Crippen MR) is 113 cm³/mol. The van der Waals surface area contributed by atoms with Gasteiger partial charge < -0.3 is 9.15 Å². The lowest BCUT2D eigenvalue weighted by molar-refractivity contribution is -0.135. The summed E-state index contributed by atoms with van der Waals surface area (Å²) in [4.78, 5) is 25.6. The molecule has 0 saturated carbocycles. The molecule has 1 atom stereocenters. The van der Waals surface area contributed by atoms with Gasteiger partial charge in [0.2, 0.25) is 5.43 Å². The number of halogens is 1. The van der Waals surface area contributed by atoms with Gasteiger partial charge in [-0.1, -0.05) is 18.2 Å². The van der Waals surface area contributed by atoms with Gasteiger partial charge in [0.15, 0.2) is 0 Å². The molecule has 4 aromatic rings. The van der Waals surface area contributed by atoms with Gasteiger partial charge in [0.25, 0.3) is 0 Å². The third-order valence-electron chi connectivity index (χ3n) is 5.59. The van der Waals surface area contributed by atoms with Gasteiger partial charge in [0, 0.05) is 35.0 Å². The molecule has 7 heteroatoms. The number of hydrogen-bond acceptors (Lipinski definition) is 5. The highest BCUT2D eigenvalue weighted by Gasteiger charge is 2.34. The molecule has 1 aliphatic rings. The number of esters is 1. The van der Waals surface area contributed by atoms with E-state index in [0.29, 0.717) is 22.3 Å². The molecule has 0 unspecified atom stereocenters. The van der Waals surface area contributed by atoms with Gasteiger partial charge in [-0.05, 0) is 38.1 Å². The second-order valence-electron chi connectivity index (χ2n) is 7.84. The van der Waals surface area contributed by atoms with Crippen LogP contribution in [0.5, 0.6) is 5.75 Å². The average Bonchev–Trinajstić information content (AvgIpc) is 3.24. The highest BCUT2D eigenvalue weighted by Crippen LogP contribution is 2.43. The van der Waals surface area contributed by atoms with E-state index in [1.165, 1.54) is 18.4 Å². The summed E-state index contributed by atoms with van der Waals surface area (Å²) in [6.07, 6.45) is 3.06. The molecule has 2 aromatic carbocycles. The van der Waals surface area contributed by atoms with Gasteiger partial charge in [-0.3, -0.25) is 14.3 Å². The highest BCUT2D eigenvalue weighted by atomic mass is 19.1. The number of carbonyl (C=O) groups is 1. The van der Waals surface area contributed by atoms with Crippen molar-refractivity contribution in [1.82, 2.24) is 9.78 Å². The van der Waals surface area contributed by atoms with Gasteiger partial charge >= 0.3 is 5.97 Å². The van der Waals surface area contributed by atoms with Crippen LogP contribution in [0.3, 0.4) is 0 Å².